The summed E-state index contributed by atoms with van der Waals surface area (Å²) in [4.78, 5) is 36.8. The van der Waals surface area contributed by atoms with Crippen molar-refractivity contribution >= 4 is 46.2 Å². The maximum absolute atomic E-state index is 12.0. The first-order valence-electron chi connectivity index (χ1n) is 7.82. The average Bonchev–Trinajstić information content (AvgIpc) is 3.20. The Kier molecular flexibility index (Phi) is 4.21. The van der Waals surface area contributed by atoms with Gasteiger partial charge in [0.25, 0.3) is 5.82 Å². The van der Waals surface area contributed by atoms with E-state index in [-0.39, 0.29) is 17.0 Å². The topological polar surface area (TPSA) is 121 Å². The van der Waals surface area contributed by atoms with Gasteiger partial charge in [0.15, 0.2) is 0 Å². The van der Waals surface area contributed by atoms with Gasteiger partial charge in [-0.3, -0.25) is 14.5 Å². The molecule has 9 nitrogen and oxygen atoms in total. The van der Waals surface area contributed by atoms with Crippen LogP contribution in [0.4, 0.5) is 0 Å². The molecule has 0 aliphatic carbocycles. The second kappa shape index (κ2) is 6.41. The third kappa shape index (κ3) is 2.50. The predicted molar refractivity (Wildman–Crippen MR) is 94.1 cm³/mol. The molecule has 2 aliphatic rings. The number of nitrogens with zero attached hydrogens (tertiary/aromatic N) is 3. The summed E-state index contributed by atoms with van der Waals surface area (Å²) in [5, 5.41) is 13.9. The number of rotatable bonds is 6. The van der Waals surface area contributed by atoms with Gasteiger partial charge in [-0.25, -0.2) is 9.36 Å². The monoisotopic (exact) mass is 394 g/mol. The molecule has 0 unspecified atom stereocenters. The van der Waals surface area contributed by atoms with Crippen molar-refractivity contribution in [3.8, 4) is 0 Å². The average molecular weight is 394 g/mol. The number of nitrogens with one attached hydrogen (secondary N) is 1. The fourth-order valence-electron chi connectivity index (χ4n) is 3.31. The molecule has 2 aromatic rings. The minimum Gasteiger partial charge on any atom is -0.477 e. The highest BCUT2D eigenvalue weighted by atomic mass is 32.2. The molecule has 0 spiro atoms. The van der Waals surface area contributed by atoms with Crippen LogP contribution in [-0.2, 0) is 27.5 Å². The Balaban J connectivity index is 1.72. The van der Waals surface area contributed by atoms with E-state index in [1.807, 2.05) is 26.7 Å². The molecule has 4 N–H and O–H groups in total. The number of amides is 2. The predicted octanol–water partition coefficient (Wildman–Crippen LogP) is -0.885. The Morgan fingerprint density at radius 1 is 1.54 bits per heavy atom. The normalized spacial score (nSPS) is 22.3. The molecule has 26 heavy (non-hydrogen) atoms. The standard InChI is InChI=1S/C15H15N5O4S2/c16-11-13(22)20-12(15(23)24)8(6-26-14(11)20)4-18-5-10-19(1-2-25-10)9(18)3-17-7-21/h1-2,5,7,11,14H,3-4,6,16H2,(H-,17,21,23,24)/p+1/t11-,14-/m1/s1. The minimum absolute atomic E-state index is 0.0248. The van der Waals surface area contributed by atoms with E-state index in [4.69, 9.17) is 5.73 Å². The number of carbonyl (C=O) groups is 3. The third-order valence-corrected chi connectivity index (χ3v) is 6.67. The minimum atomic E-state index is -1.13. The molecule has 0 bridgehead atoms. The summed E-state index contributed by atoms with van der Waals surface area (Å²) in [6, 6.07) is -0.643. The maximum atomic E-state index is 12.0. The first-order chi connectivity index (χ1) is 12.5. The molecule has 0 saturated carbocycles. The van der Waals surface area contributed by atoms with Crippen molar-refractivity contribution in [3.63, 3.8) is 0 Å². The lowest BCUT2D eigenvalue weighted by molar-refractivity contribution is -0.695. The summed E-state index contributed by atoms with van der Waals surface area (Å²) >= 11 is 3.02. The molecular weight excluding hydrogens is 378 g/mol. The van der Waals surface area contributed by atoms with Gasteiger partial charge in [0, 0.05) is 16.7 Å². The number of aliphatic carboxylic acids is 1. The summed E-state index contributed by atoms with van der Waals surface area (Å²) in [5.41, 5.74) is 6.45. The van der Waals surface area contributed by atoms with Crippen LogP contribution < -0.4 is 15.6 Å². The van der Waals surface area contributed by atoms with Gasteiger partial charge in [-0.1, -0.05) is 11.3 Å². The molecule has 0 radical (unpaired) electrons. The van der Waals surface area contributed by atoms with Gasteiger partial charge in [-0.05, 0) is 0 Å². The van der Waals surface area contributed by atoms with Crippen molar-refractivity contribution in [1.82, 2.24) is 14.6 Å². The van der Waals surface area contributed by atoms with Gasteiger partial charge in [0.2, 0.25) is 17.1 Å². The van der Waals surface area contributed by atoms with Gasteiger partial charge in [-0.2, -0.15) is 4.40 Å². The van der Waals surface area contributed by atoms with E-state index < -0.39 is 12.0 Å². The molecule has 1 fully saturated rings. The second-order valence-corrected chi connectivity index (χ2v) is 8.01. The Labute approximate surface area is 156 Å². The number of hydrogen-bond donors (Lipinski definition) is 3. The van der Waals surface area contributed by atoms with Crippen LogP contribution in [0.5, 0.6) is 0 Å². The number of β-lactam (4-membered cyclic amide) rings is 1. The number of fused-ring (bicyclic) bond motifs is 2. The molecule has 11 heteroatoms. The molecule has 136 valence electrons. The van der Waals surface area contributed by atoms with Crippen molar-refractivity contribution in [2.24, 2.45) is 5.73 Å². The van der Waals surface area contributed by atoms with Gasteiger partial charge in [-0.15, -0.1) is 11.8 Å². The smallest absolute Gasteiger partial charge is 0.352 e. The zero-order valence-corrected chi connectivity index (χ0v) is 15.1. The molecular formula is C15H16N5O4S2+. The van der Waals surface area contributed by atoms with Gasteiger partial charge in [0.1, 0.15) is 42.6 Å². The molecule has 2 aliphatic heterocycles. The van der Waals surface area contributed by atoms with Gasteiger partial charge < -0.3 is 16.2 Å². The molecule has 4 rings (SSSR count). The highest BCUT2D eigenvalue weighted by Crippen LogP contribution is 2.39. The number of hydrogen-bond acceptors (Lipinski definition) is 6. The molecule has 2 atom stereocenters. The quantitative estimate of drug-likeness (QED) is 0.332. The van der Waals surface area contributed by atoms with Gasteiger partial charge in [0.05, 0.1) is 0 Å². The van der Waals surface area contributed by atoms with Crippen LogP contribution in [0.3, 0.4) is 0 Å². The Morgan fingerprint density at radius 2 is 2.35 bits per heavy atom. The van der Waals surface area contributed by atoms with Crippen LogP contribution in [0.15, 0.2) is 29.0 Å². The van der Waals surface area contributed by atoms with Crippen molar-refractivity contribution in [1.29, 1.82) is 0 Å². The number of carboxylic acid groups (broad SMARTS) is 1. The lowest BCUT2D eigenvalue weighted by Gasteiger charge is -2.47. The molecule has 1 saturated heterocycles. The van der Waals surface area contributed by atoms with Crippen LogP contribution in [0.2, 0.25) is 0 Å². The molecule has 4 heterocycles. The zero-order valence-electron chi connectivity index (χ0n) is 13.5. The lowest BCUT2D eigenvalue weighted by atomic mass is 10.0. The number of nitrogens with two attached hydrogens (primary N) is 1. The highest BCUT2D eigenvalue weighted by molar-refractivity contribution is 8.00. The van der Waals surface area contributed by atoms with E-state index in [0.717, 1.165) is 10.7 Å². The zero-order chi connectivity index (χ0) is 18.4. The van der Waals surface area contributed by atoms with Crippen LogP contribution in [-0.4, -0.2) is 49.9 Å². The van der Waals surface area contributed by atoms with Crippen molar-refractivity contribution in [3.05, 3.63) is 34.9 Å². The van der Waals surface area contributed by atoms with Crippen LogP contribution >= 0.6 is 23.1 Å². The number of carbonyl (C=O) groups excluding carboxylic acids is 2. The summed E-state index contributed by atoms with van der Waals surface area (Å²) in [6.45, 7) is 0.637. The molecule has 2 amide bonds. The summed E-state index contributed by atoms with van der Waals surface area (Å²) in [5.74, 6) is -0.173. The van der Waals surface area contributed by atoms with Crippen LogP contribution in [0.25, 0.3) is 4.83 Å². The summed E-state index contributed by atoms with van der Waals surface area (Å²) < 4.78 is 3.86. The van der Waals surface area contributed by atoms with E-state index in [9.17, 15) is 19.5 Å². The van der Waals surface area contributed by atoms with Crippen LogP contribution in [0.1, 0.15) is 5.82 Å². The maximum Gasteiger partial charge on any atom is 0.352 e. The number of thioether (sulfide) groups is 1. The van der Waals surface area contributed by atoms with E-state index >= 15 is 0 Å². The number of aromatic nitrogens is 2. The summed E-state index contributed by atoms with van der Waals surface area (Å²) in [7, 11) is 0. The van der Waals surface area contributed by atoms with Crippen molar-refractivity contribution in [2.75, 3.05) is 5.75 Å². The number of imidazole rings is 1. The largest absolute Gasteiger partial charge is 0.477 e. The second-order valence-electron chi connectivity index (χ2n) is 5.98. The van der Waals surface area contributed by atoms with E-state index in [1.165, 1.54) is 16.7 Å². The number of thiazole rings is 1. The fourth-order valence-corrected chi connectivity index (χ4v) is 5.38. The first kappa shape index (κ1) is 17.1. The first-order valence-corrected chi connectivity index (χ1v) is 9.75. The van der Waals surface area contributed by atoms with E-state index in [1.54, 1.807) is 11.3 Å². The SMILES string of the molecule is N[C@@H]1C(=O)N2C(C(=O)O)=C(C[n+]3cc4sccn4c3CNC=O)CS[C@H]12. The third-order valence-electron chi connectivity index (χ3n) is 4.51. The fraction of sp³-hybridized carbons (Fsp3) is 0.333. The molecule has 0 aromatic carbocycles. The van der Waals surface area contributed by atoms with Crippen LogP contribution in [0, 0.1) is 0 Å². The highest BCUT2D eigenvalue weighted by Gasteiger charge is 2.52. The Bertz CT molecular complexity index is 949. The van der Waals surface area contributed by atoms with E-state index in [2.05, 4.69) is 5.32 Å². The van der Waals surface area contributed by atoms with Gasteiger partial charge >= 0.3 is 5.97 Å². The van der Waals surface area contributed by atoms with E-state index in [0.29, 0.717) is 30.8 Å². The molecule has 2 aromatic heterocycles. The Morgan fingerprint density at radius 3 is 3.08 bits per heavy atom. The number of carboxylic acids is 1. The summed E-state index contributed by atoms with van der Waals surface area (Å²) in [6.07, 6.45) is 4.44. The van der Waals surface area contributed by atoms with Crippen molar-refractivity contribution in [2.45, 2.75) is 24.5 Å². The lowest BCUT2D eigenvalue weighted by Crippen LogP contribution is -2.68. The van der Waals surface area contributed by atoms with Crippen molar-refractivity contribution < 1.29 is 24.1 Å². The Hall–Kier alpha value is -2.37.